The molecule has 4 heteroatoms. The second kappa shape index (κ2) is 4.80. The van der Waals surface area contributed by atoms with Crippen LogP contribution >= 0.6 is 0 Å². The molecule has 1 aromatic carbocycles. The first kappa shape index (κ1) is 11.4. The van der Waals surface area contributed by atoms with Gasteiger partial charge >= 0.3 is 0 Å². The van der Waals surface area contributed by atoms with Gasteiger partial charge in [0.05, 0.1) is 11.8 Å². The number of para-hydroxylation sites is 1. The Morgan fingerprint density at radius 3 is 2.88 bits per heavy atom. The number of benzene rings is 1. The molecular formula is C12H17FN2O. The number of nitrogens with zero attached hydrogens (tertiary/aromatic N) is 1. The third-order valence-corrected chi connectivity index (χ3v) is 2.92. The lowest BCUT2D eigenvalue weighted by molar-refractivity contribution is 0.184. The third-order valence-electron chi connectivity index (χ3n) is 2.92. The second-order valence-corrected chi connectivity index (χ2v) is 4.26. The minimum atomic E-state index is -0.454. The second-order valence-electron chi connectivity index (χ2n) is 4.26. The van der Waals surface area contributed by atoms with Crippen LogP contribution in [0.15, 0.2) is 24.3 Å². The van der Waals surface area contributed by atoms with Crippen LogP contribution < -0.4 is 10.2 Å². The van der Waals surface area contributed by atoms with E-state index < -0.39 is 6.10 Å². The standard InChI is InChI=1S/C12H17FN2O/c1-9-6-14-7-10(16)8-15(9)12-5-3-2-4-11(12)13/h2-5,9-10,14,16H,6-8H2,1H3. The van der Waals surface area contributed by atoms with Crippen molar-refractivity contribution in [2.75, 3.05) is 24.5 Å². The number of halogens is 1. The van der Waals surface area contributed by atoms with Crippen LogP contribution in [0.25, 0.3) is 0 Å². The average molecular weight is 224 g/mol. The molecule has 3 nitrogen and oxygen atoms in total. The highest BCUT2D eigenvalue weighted by atomic mass is 19.1. The van der Waals surface area contributed by atoms with Crippen LogP contribution in [0.1, 0.15) is 6.92 Å². The smallest absolute Gasteiger partial charge is 0.146 e. The number of nitrogens with one attached hydrogen (secondary N) is 1. The van der Waals surface area contributed by atoms with E-state index in [1.165, 1.54) is 6.07 Å². The molecule has 1 aliphatic rings. The first-order valence-electron chi connectivity index (χ1n) is 5.58. The summed E-state index contributed by atoms with van der Waals surface area (Å²) in [6, 6.07) is 6.87. The zero-order valence-corrected chi connectivity index (χ0v) is 9.36. The van der Waals surface area contributed by atoms with Crippen LogP contribution in [0, 0.1) is 5.82 Å². The molecule has 0 saturated carbocycles. The molecule has 0 amide bonds. The Morgan fingerprint density at radius 1 is 1.38 bits per heavy atom. The van der Waals surface area contributed by atoms with Crippen molar-refractivity contribution in [2.24, 2.45) is 0 Å². The molecule has 0 spiro atoms. The molecule has 2 rings (SSSR count). The summed E-state index contributed by atoms with van der Waals surface area (Å²) in [5.41, 5.74) is 0.567. The number of aliphatic hydroxyl groups excluding tert-OH is 1. The van der Waals surface area contributed by atoms with Crippen molar-refractivity contribution in [3.8, 4) is 0 Å². The van der Waals surface area contributed by atoms with E-state index in [0.717, 1.165) is 6.54 Å². The SMILES string of the molecule is CC1CNCC(O)CN1c1ccccc1F. The normalized spacial score (nSPS) is 26.6. The van der Waals surface area contributed by atoms with Gasteiger partial charge in [-0.15, -0.1) is 0 Å². The van der Waals surface area contributed by atoms with Crippen LogP contribution in [-0.4, -0.2) is 36.9 Å². The quantitative estimate of drug-likeness (QED) is 0.746. The van der Waals surface area contributed by atoms with Gasteiger partial charge in [-0.1, -0.05) is 12.1 Å². The Hall–Kier alpha value is -1.13. The van der Waals surface area contributed by atoms with E-state index >= 15 is 0 Å². The summed E-state index contributed by atoms with van der Waals surface area (Å²) in [5, 5.41) is 12.9. The van der Waals surface area contributed by atoms with Gasteiger partial charge in [-0.25, -0.2) is 4.39 Å². The monoisotopic (exact) mass is 224 g/mol. The van der Waals surface area contributed by atoms with Crippen molar-refractivity contribution >= 4 is 5.69 Å². The van der Waals surface area contributed by atoms with Gasteiger partial charge in [-0.3, -0.25) is 0 Å². The lowest BCUT2D eigenvalue weighted by atomic mass is 10.2. The van der Waals surface area contributed by atoms with Gasteiger partial charge in [0.25, 0.3) is 0 Å². The van der Waals surface area contributed by atoms with Gasteiger partial charge in [-0.05, 0) is 19.1 Å². The summed E-state index contributed by atoms with van der Waals surface area (Å²) >= 11 is 0. The molecule has 0 bridgehead atoms. The van der Waals surface area contributed by atoms with E-state index in [1.807, 2.05) is 17.9 Å². The number of β-amino-alcohol motifs (C(OH)–C–C–N with tert-alkyl or cyclic N) is 1. The van der Waals surface area contributed by atoms with E-state index in [2.05, 4.69) is 5.32 Å². The molecule has 1 aliphatic heterocycles. The molecule has 0 aliphatic carbocycles. The number of aliphatic hydroxyl groups is 1. The molecule has 88 valence electrons. The zero-order chi connectivity index (χ0) is 11.5. The highest BCUT2D eigenvalue weighted by molar-refractivity contribution is 5.49. The van der Waals surface area contributed by atoms with Crippen LogP contribution in [0.2, 0.25) is 0 Å². The molecule has 2 atom stereocenters. The first-order chi connectivity index (χ1) is 7.68. The maximum absolute atomic E-state index is 13.7. The molecule has 2 N–H and O–H groups in total. The lowest BCUT2D eigenvalue weighted by Crippen LogP contribution is -2.39. The average Bonchev–Trinajstić information content (AvgIpc) is 2.42. The molecule has 1 saturated heterocycles. The Kier molecular flexibility index (Phi) is 3.41. The van der Waals surface area contributed by atoms with Crippen molar-refractivity contribution in [3.63, 3.8) is 0 Å². The maximum Gasteiger partial charge on any atom is 0.146 e. The van der Waals surface area contributed by atoms with Crippen LogP contribution in [-0.2, 0) is 0 Å². The zero-order valence-electron chi connectivity index (χ0n) is 9.36. The molecule has 1 fully saturated rings. The topological polar surface area (TPSA) is 35.5 Å². The summed E-state index contributed by atoms with van der Waals surface area (Å²) in [4.78, 5) is 1.92. The number of anilines is 1. The fraction of sp³-hybridized carbons (Fsp3) is 0.500. The van der Waals surface area contributed by atoms with Crippen LogP contribution in [0.4, 0.5) is 10.1 Å². The van der Waals surface area contributed by atoms with Gasteiger partial charge < -0.3 is 15.3 Å². The van der Waals surface area contributed by atoms with E-state index in [-0.39, 0.29) is 11.9 Å². The Bertz CT molecular complexity index is 359. The lowest BCUT2D eigenvalue weighted by Gasteiger charge is -2.30. The number of hydrogen-bond donors (Lipinski definition) is 2. The van der Waals surface area contributed by atoms with Crippen molar-refractivity contribution in [3.05, 3.63) is 30.1 Å². The van der Waals surface area contributed by atoms with E-state index in [0.29, 0.717) is 18.8 Å². The summed E-state index contributed by atoms with van der Waals surface area (Å²) in [5.74, 6) is -0.233. The first-order valence-corrected chi connectivity index (χ1v) is 5.58. The summed E-state index contributed by atoms with van der Waals surface area (Å²) < 4.78 is 13.7. The Labute approximate surface area is 94.9 Å². The van der Waals surface area contributed by atoms with Gasteiger partial charge in [0.15, 0.2) is 0 Å². The van der Waals surface area contributed by atoms with Crippen molar-refractivity contribution in [2.45, 2.75) is 19.1 Å². The molecular weight excluding hydrogens is 207 g/mol. The van der Waals surface area contributed by atoms with Crippen LogP contribution in [0.5, 0.6) is 0 Å². The highest BCUT2D eigenvalue weighted by Crippen LogP contribution is 2.21. The van der Waals surface area contributed by atoms with Gasteiger partial charge in [0.2, 0.25) is 0 Å². The largest absolute Gasteiger partial charge is 0.390 e. The van der Waals surface area contributed by atoms with Crippen LogP contribution in [0.3, 0.4) is 0 Å². The number of hydrogen-bond acceptors (Lipinski definition) is 3. The van der Waals surface area contributed by atoms with E-state index in [9.17, 15) is 9.50 Å². The summed E-state index contributed by atoms with van der Waals surface area (Å²) in [7, 11) is 0. The van der Waals surface area contributed by atoms with E-state index in [1.54, 1.807) is 12.1 Å². The predicted molar refractivity (Wildman–Crippen MR) is 62.1 cm³/mol. The molecule has 1 heterocycles. The Balaban J connectivity index is 2.26. The molecule has 0 aromatic heterocycles. The van der Waals surface area contributed by atoms with Crippen molar-refractivity contribution < 1.29 is 9.50 Å². The summed E-state index contributed by atoms with van der Waals surface area (Å²) in [6.07, 6.45) is -0.454. The molecule has 0 radical (unpaired) electrons. The molecule has 2 unspecified atom stereocenters. The summed E-state index contributed by atoms with van der Waals surface area (Å²) in [6.45, 7) is 3.81. The van der Waals surface area contributed by atoms with Crippen molar-refractivity contribution in [1.29, 1.82) is 0 Å². The number of rotatable bonds is 1. The molecule has 16 heavy (non-hydrogen) atoms. The minimum Gasteiger partial charge on any atom is -0.390 e. The fourth-order valence-electron chi connectivity index (χ4n) is 2.06. The Morgan fingerprint density at radius 2 is 2.12 bits per heavy atom. The molecule has 1 aromatic rings. The predicted octanol–water partition coefficient (Wildman–Crippen LogP) is 0.985. The minimum absolute atomic E-state index is 0.175. The van der Waals surface area contributed by atoms with Gasteiger partial charge in [0, 0.05) is 25.7 Å². The third kappa shape index (κ3) is 2.33. The maximum atomic E-state index is 13.7. The van der Waals surface area contributed by atoms with Gasteiger partial charge in [-0.2, -0.15) is 0 Å². The van der Waals surface area contributed by atoms with Crippen molar-refractivity contribution in [1.82, 2.24) is 5.32 Å². The fourth-order valence-corrected chi connectivity index (χ4v) is 2.06. The van der Waals surface area contributed by atoms with E-state index in [4.69, 9.17) is 0 Å². The highest BCUT2D eigenvalue weighted by Gasteiger charge is 2.23. The van der Waals surface area contributed by atoms with Gasteiger partial charge in [0.1, 0.15) is 5.82 Å².